The molecule has 104 valence electrons. The minimum atomic E-state index is 0.774. The van der Waals surface area contributed by atoms with Crippen molar-refractivity contribution in [2.45, 2.75) is 70.4 Å². The summed E-state index contributed by atoms with van der Waals surface area (Å²) < 4.78 is 0. The zero-order chi connectivity index (χ0) is 12.4. The fraction of sp³-hybridized carbons (Fsp3) is 1.00. The summed E-state index contributed by atoms with van der Waals surface area (Å²) in [4.78, 5) is 2.87. The minimum Gasteiger partial charge on any atom is -0.313 e. The van der Waals surface area contributed by atoms with Crippen LogP contribution in [0.25, 0.3) is 0 Å². The number of fused-ring (bicyclic) bond motifs is 1. The molecular formula is C16H30N2. The minimum absolute atomic E-state index is 0.774. The van der Waals surface area contributed by atoms with Crippen molar-refractivity contribution in [1.29, 1.82) is 0 Å². The quantitative estimate of drug-likeness (QED) is 0.775. The second kappa shape index (κ2) is 5.92. The third-order valence-electron chi connectivity index (χ3n) is 5.67. The van der Waals surface area contributed by atoms with Crippen molar-refractivity contribution in [2.75, 3.05) is 19.6 Å². The molecule has 1 aliphatic heterocycles. The summed E-state index contributed by atoms with van der Waals surface area (Å²) >= 11 is 0. The van der Waals surface area contributed by atoms with Gasteiger partial charge >= 0.3 is 0 Å². The second-order valence-corrected chi connectivity index (χ2v) is 6.77. The number of hydrogen-bond acceptors (Lipinski definition) is 2. The van der Waals surface area contributed by atoms with Crippen LogP contribution in [0, 0.1) is 11.8 Å². The van der Waals surface area contributed by atoms with E-state index in [2.05, 4.69) is 17.1 Å². The predicted molar refractivity (Wildman–Crippen MR) is 76.7 cm³/mol. The molecule has 3 aliphatic rings. The van der Waals surface area contributed by atoms with Crippen LogP contribution in [0.4, 0.5) is 0 Å². The number of likely N-dealkylation sites (N-methyl/N-ethyl adjacent to an activating group) is 1. The molecule has 0 aromatic rings. The van der Waals surface area contributed by atoms with E-state index in [-0.39, 0.29) is 0 Å². The smallest absolute Gasteiger partial charge is 0.0249 e. The molecule has 2 aliphatic carbocycles. The van der Waals surface area contributed by atoms with Crippen molar-refractivity contribution >= 4 is 0 Å². The molecule has 4 atom stereocenters. The van der Waals surface area contributed by atoms with Gasteiger partial charge in [0.1, 0.15) is 0 Å². The lowest BCUT2D eigenvalue weighted by Gasteiger charge is -2.34. The van der Waals surface area contributed by atoms with Crippen molar-refractivity contribution in [1.82, 2.24) is 10.2 Å². The summed E-state index contributed by atoms with van der Waals surface area (Å²) in [5, 5.41) is 3.78. The molecule has 0 bridgehead atoms. The monoisotopic (exact) mass is 250 g/mol. The highest BCUT2D eigenvalue weighted by atomic mass is 15.2. The molecule has 3 rings (SSSR count). The van der Waals surface area contributed by atoms with E-state index in [1.54, 1.807) is 0 Å². The summed E-state index contributed by atoms with van der Waals surface area (Å²) in [5.41, 5.74) is 0. The van der Waals surface area contributed by atoms with Gasteiger partial charge in [-0.2, -0.15) is 0 Å². The van der Waals surface area contributed by atoms with Gasteiger partial charge in [-0.05, 0) is 44.1 Å². The van der Waals surface area contributed by atoms with Crippen molar-refractivity contribution in [2.24, 2.45) is 11.8 Å². The molecule has 1 N–H and O–H groups in total. The van der Waals surface area contributed by atoms with Crippen molar-refractivity contribution in [3.05, 3.63) is 0 Å². The van der Waals surface area contributed by atoms with Gasteiger partial charge in [0.05, 0.1) is 0 Å². The highest BCUT2D eigenvalue weighted by Crippen LogP contribution is 2.40. The lowest BCUT2D eigenvalue weighted by molar-refractivity contribution is 0.170. The Labute approximate surface area is 113 Å². The van der Waals surface area contributed by atoms with Gasteiger partial charge < -0.3 is 5.32 Å². The molecule has 0 radical (unpaired) electrons. The lowest BCUT2D eigenvalue weighted by Crippen LogP contribution is -2.49. The Kier molecular flexibility index (Phi) is 4.25. The average Bonchev–Trinajstić information content (AvgIpc) is 2.86. The second-order valence-electron chi connectivity index (χ2n) is 6.77. The molecule has 2 nitrogen and oxygen atoms in total. The van der Waals surface area contributed by atoms with E-state index < -0.39 is 0 Å². The summed E-state index contributed by atoms with van der Waals surface area (Å²) in [6, 6.07) is 1.62. The largest absolute Gasteiger partial charge is 0.313 e. The van der Waals surface area contributed by atoms with E-state index in [0.717, 1.165) is 30.5 Å². The van der Waals surface area contributed by atoms with Gasteiger partial charge in [0.15, 0.2) is 0 Å². The maximum absolute atomic E-state index is 3.78. The van der Waals surface area contributed by atoms with E-state index in [1.165, 1.54) is 64.5 Å². The van der Waals surface area contributed by atoms with Crippen LogP contribution in [0.1, 0.15) is 58.3 Å². The van der Waals surface area contributed by atoms with Gasteiger partial charge in [-0.15, -0.1) is 0 Å². The van der Waals surface area contributed by atoms with E-state index in [9.17, 15) is 0 Å². The molecule has 3 fully saturated rings. The van der Waals surface area contributed by atoms with Crippen LogP contribution in [0.15, 0.2) is 0 Å². The van der Waals surface area contributed by atoms with Crippen LogP contribution in [0.3, 0.4) is 0 Å². The zero-order valence-electron chi connectivity index (χ0n) is 12.0. The maximum Gasteiger partial charge on any atom is 0.0249 e. The zero-order valence-corrected chi connectivity index (χ0v) is 12.0. The Morgan fingerprint density at radius 1 is 0.889 bits per heavy atom. The molecule has 4 unspecified atom stereocenters. The van der Waals surface area contributed by atoms with Gasteiger partial charge in [0.25, 0.3) is 0 Å². The number of nitrogens with one attached hydrogen (secondary N) is 1. The van der Waals surface area contributed by atoms with Crippen molar-refractivity contribution in [3.63, 3.8) is 0 Å². The Balaban J connectivity index is 1.64. The summed E-state index contributed by atoms with van der Waals surface area (Å²) in [7, 11) is 0. The molecular weight excluding hydrogens is 220 g/mol. The highest BCUT2D eigenvalue weighted by Gasteiger charge is 2.40. The maximum atomic E-state index is 3.78. The van der Waals surface area contributed by atoms with Gasteiger partial charge in [-0.25, -0.2) is 0 Å². The van der Waals surface area contributed by atoms with Crippen LogP contribution in [0.2, 0.25) is 0 Å². The third-order valence-corrected chi connectivity index (χ3v) is 5.67. The SMILES string of the molecule is CCNC1CCCCCC1N1CC2CCCC2C1. The number of likely N-dealkylation sites (tertiary alicyclic amines) is 1. The Bertz CT molecular complexity index is 254. The summed E-state index contributed by atoms with van der Waals surface area (Å²) in [5.74, 6) is 2.10. The van der Waals surface area contributed by atoms with E-state index in [0.29, 0.717) is 0 Å². The van der Waals surface area contributed by atoms with Crippen molar-refractivity contribution in [3.8, 4) is 0 Å². The van der Waals surface area contributed by atoms with Crippen LogP contribution in [-0.4, -0.2) is 36.6 Å². The van der Waals surface area contributed by atoms with Crippen LogP contribution in [0.5, 0.6) is 0 Å². The van der Waals surface area contributed by atoms with Crippen molar-refractivity contribution < 1.29 is 0 Å². The molecule has 18 heavy (non-hydrogen) atoms. The van der Waals surface area contributed by atoms with Gasteiger partial charge in [0.2, 0.25) is 0 Å². The number of nitrogens with zero attached hydrogens (tertiary/aromatic N) is 1. The molecule has 0 amide bonds. The molecule has 2 heteroatoms. The van der Waals surface area contributed by atoms with Crippen LogP contribution in [-0.2, 0) is 0 Å². The average molecular weight is 250 g/mol. The fourth-order valence-electron chi connectivity index (χ4n) is 4.77. The first-order chi connectivity index (χ1) is 8.88. The Hall–Kier alpha value is -0.0800. The van der Waals surface area contributed by atoms with Crippen LogP contribution >= 0.6 is 0 Å². The number of rotatable bonds is 3. The molecule has 0 aromatic carbocycles. The molecule has 0 spiro atoms. The summed E-state index contributed by atoms with van der Waals surface area (Å²) in [6.45, 7) is 6.23. The first kappa shape index (κ1) is 12.9. The highest BCUT2D eigenvalue weighted by molar-refractivity contribution is 4.95. The predicted octanol–water partition coefficient (Wildman–Crippen LogP) is 3.03. The molecule has 1 heterocycles. The van der Waals surface area contributed by atoms with E-state index in [4.69, 9.17) is 0 Å². The normalized spacial score (nSPS) is 41.8. The van der Waals surface area contributed by atoms with Gasteiger partial charge in [-0.1, -0.05) is 32.6 Å². The molecule has 0 aromatic heterocycles. The Morgan fingerprint density at radius 2 is 1.61 bits per heavy atom. The molecule has 2 saturated carbocycles. The third kappa shape index (κ3) is 2.60. The first-order valence-electron chi connectivity index (χ1n) is 8.36. The van der Waals surface area contributed by atoms with E-state index >= 15 is 0 Å². The summed E-state index contributed by atoms with van der Waals surface area (Å²) in [6.07, 6.45) is 11.7. The van der Waals surface area contributed by atoms with Crippen LogP contribution < -0.4 is 5.32 Å². The Morgan fingerprint density at radius 3 is 2.33 bits per heavy atom. The van der Waals surface area contributed by atoms with Gasteiger partial charge in [-0.3, -0.25) is 4.90 Å². The van der Waals surface area contributed by atoms with Gasteiger partial charge in [0, 0.05) is 25.2 Å². The standard InChI is InChI=1S/C16H30N2/c1-2-17-15-9-4-3-5-10-16(15)18-11-13-7-6-8-14(13)12-18/h13-17H,2-12H2,1H3. The molecule has 1 saturated heterocycles. The topological polar surface area (TPSA) is 15.3 Å². The fourth-order valence-corrected chi connectivity index (χ4v) is 4.77. The first-order valence-corrected chi connectivity index (χ1v) is 8.36. The van der Waals surface area contributed by atoms with E-state index in [1.807, 2.05) is 0 Å². The lowest BCUT2D eigenvalue weighted by atomic mass is 10.0. The number of hydrogen-bond donors (Lipinski definition) is 1.